The highest BCUT2D eigenvalue weighted by atomic mass is 35.5. The van der Waals surface area contributed by atoms with Crippen molar-refractivity contribution in [2.45, 2.75) is 35.9 Å². The average molecular weight is 439 g/mol. The number of alkyl halides is 3. The van der Waals surface area contributed by atoms with E-state index < -0.39 is 38.3 Å². The number of rotatable bonds is 5. The van der Waals surface area contributed by atoms with E-state index in [1.54, 1.807) is 13.8 Å². The van der Waals surface area contributed by atoms with E-state index in [0.29, 0.717) is 0 Å². The van der Waals surface area contributed by atoms with E-state index in [2.05, 4.69) is 0 Å². The summed E-state index contributed by atoms with van der Waals surface area (Å²) in [5.41, 5.74) is -0.644. The van der Waals surface area contributed by atoms with Gasteiger partial charge in [0.05, 0.1) is 40.5 Å². The molecular weight excluding hydrogens is 421 g/mol. The number of aliphatic hydroxyl groups excluding tert-OH is 1. The van der Waals surface area contributed by atoms with E-state index >= 15 is 0 Å². The summed E-state index contributed by atoms with van der Waals surface area (Å²) in [6.07, 6.45) is 0. The van der Waals surface area contributed by atoms with Gasteiger partial charge in [0.25, 0.3) is 0 Å². The summed E-state index contributed by atoms with van der Waals surface area (Å²) in [4.78, 5) is 21.7. The third-order valence-electron chi connectivity index (χ3n) is 4.57. The van der Waals surface area contributed by atoms with Gasteiger partial charge in [0, 0.05) is 5.41 Å². The third kappa shape index (κ3) is 2.69. The molecule has 0 aromatic carbocycles. The van der Waals surface area contributed by atoms with Crippen LogP contribution in [0.15, 0.2) is 10.1 Å². The van der Waals surface area contributed by atoms with Gasteiger partial charge in [-0.3, -0.25) is 9.59 Å². The average Bonchev–Trinajstić information content (AvgIpc) is 2.77. The molecule has 0 amide bonds. The van der Waals surface area contributed by atoms with Crippen molar-refractivity contribution in [3.05, 3.63) is 10.1 Å². The molecule has 2 bridgehead atoms. The summed E-state index contributed by atoms with van der Waals surface area (Å²) in [6, 6.07) is 0. The second-order valence-corrected chi connectivity index (χ2v) is 9.47. The summed E-state index contributed by atoms with van der Waals surface area (Å²) in [5, 5.41) is 8.16. The molecule has 1 saturated carbocycles. The number of esters is 1. The van der Waals surface area contributed by atoms with Gasteiger partial charge >= 0.3 is 5.97 Å². The number of Topliss-reactive ketones (excluding diaryl/α,β-unsaturated/α-hetero) is 1. The highest BCUT2D eigenvalue weighted by molar-refractivity contribution is 6.56. The van der Waals surface area contributed by atoms with Gasteiger partial charge in [-0.15, -0.1) is 34.8 Å². The maximum Gasteiger partial charge on any atom is 0.312 e. The van der Waals surface area contributed by atoms with Gasteiger partial charge in [0.2, 0.25) is 0 Å². The normalized spacial score (nSPS) is 38.6. The predicted octanol–water partition coefficient (Wildman–Crippen LogP) is 3.65. The summed E-state index contributed by atoms with van der Waals surface area (Å²) in [7, 11) is 0. The first-order valence-electron chi connectivity index (χ1n) is 7.21. The van der Waals surface area contributed by atoms with E-state index in [1.807, 2.05) is 0 Å². The van der Waals surface area contributed by atoms with Crippen LogP contribution in [-0.2, 0) is 14.3 Å². The van der Waals surface area contributed by atoms with Crippen molar-refractivity contribution in [1.82, 2.24) is 0 Å². The maximum atomic E-state index is 12.7. The number of halogens is 5. The monoisotopic (exact) mass is 436 g/mol. The molecule has 0 aliphatic heterocycles. The zero-order valence-electron chi connectivity index (χ0n) is 13.2. The molecule has 5 atom stereocenters. The zero-order valence-corrected chi connectivity index (χ0v) is 17.0. The lowest BCUT2D eigenvalue weighted by Gasteiger charge is -2.34. The van der Waals surface area contributed by atoms with Crippen LogP contribution in [0.25, 0.3) is 0 Å². The Labute approximate surface area is 165 Å². The minimum Gasteiger partial charge on any atom is -0.465 e. The first-order valence-corrected chi connectivity index (χ1v) is 9.16. The molecular formula is C15H17Cl5O4. The molecule has 2 aliphatic carbocycles. The smallest absolute Gasteiger partial charge is 0.312 e. The number of carbonyl (C=O) groups is 2. The van der Waals surface area contributed by atoms with Crippen LogP contribution >= 0.6 is 58.0 Å². The third-order valence-corrected chi connectivity index (χ3v) is 8.06. The standard InChI is InChI=1S/C15H17Cl5O4/c1-6(22)7-8(11(23)24-5-13(2,3)4-21)15(20)10(17)9(16)14(7,19)12(15)18/h7-8,12,21H,4-5H2,1-3H3. The molecule has 0 heterocycles. The van der Waals surface area contributed by atoms with Crippen molar-refractivity contribution < 1.29 is 19.4 Å². The lowest BCUT2D eigenvalue weighted by atomic mass is 9.79. The van der Waals surface area contributed by atoms with Gasteiger partial charge in [-0.1, -0.05) is 37.0 Å². The summed E-state index contributed by atoms with van der Waals surface area (Å²) in [6.45, 7) is 4.48. The van der Waals surface area contributed by atoms with Gasteiger partial charge in [0.15, 0.2) is 0 Å². The van der Waals surface area contributed by atoms with Gasteiger partial charge in [-0.25, -0.2) is 0 Å². The largest absolute Gasteiger partial charge is 0.465 e. The molecule has 2 rings (SSSR count). The lowest BCUT2D eigenvalue weighted by molar-refractivity contribution is -0.156. The quantitative estimate of drug-likeness (QED) is 0.526. The highest BCUT2D eigenvalue weighted by Crippen LogP contribution is 2.69. The molecule has 0 saturated heterocycles. The fraction of sp³-hybridized carbons (Fsp3) is 0.733. The van der Waals surface area contributed by atoms with E-state index in [9.17, 15) is 14.7 Å². The van der Waals surface area contributed by atoms with Crippen molar-refractivity contribution in [2.24, 2.45) is 17.3 Å². The molecule has 4 nitrogen and oxygen atoms in total. The Morgan fingerprint density at radius 1 is 1.17 bits per heavy atom. The Hall–Kier alpha value is 0.290. The molecule has 2 aliphatic rings. The van der Waals surface area contributed by atoms with Crippen molar-refractivity contribution in [3.8, 4) is 0 Å². The first kappa shape index (κ1) is 20.6. The van der Waals surface area contributed by atoms with Crippen LogP contribution in [0.3, 0.4) is 0 Å². The van der Waals surface area contributed by atoms with E-state index in [1.165, 1.54) is 6.92 Å². The predicted molar refractivity (Wildman–Crippen MR) is 95.0 cm³/mol. The summed E-state index contributed by atoms with van der Waals surface area (Å²) >= 11 is 31.9. The van der Waals surface area contributed by atoms with Crippen LogP contribution in [0.1, 0.15) is 20.8 Å². The lowest BCUT2D eigenvalue weighted by Crippen LogP contribution is -2.45. The zero-order chi connectivity index (χ0) is 18.7. The van der Waals surface area contributed by atoms with Crippen LogP contribution in [0.4, 0.5) is 0 Å². The van der Waals surface area contributed by atoms with Crippen molar-refractivity contribution in [2.75, 3.05) is 13.2 Å². The topological polar surface area (TPSA) is 63.6 Å². The number of hydrogen-bond acceptors (Lipinski definition) is 4. The summed E-state index contributed by atoms with van der Waals surface area (Å²) in [5.74, 6) is -3.36. The van der Waals surface area contributed by atoms with Crippen LogP contribution in [0.2, 0.25) is 0 Å². The van der Waals surface area contributed by atoms with Crippen LogP contribution < -0.4 is 0 Å². The second kappa shape index (κ2) is 6.47. The molecule has 0 radical (unpaired) electrons. The Balaban J connectivity index is 2.42. The molecule has 5 unspecified atom stereocenters. The Morgan fingerprint density at radius 3 is 2.04 bits per heavy atom. The molecule has 0 aromatic rings. The summed E-state index contributed by atoms with van der Waals surface area (Å²) < 4.78 is 5.28. The Bertz CT molecular complexity index is 619. The number of hydrogen-bond donors (Lipinski definition) is 1. The molecule has 1 fully saturated rings. The van der Waals surface area contributed by atoms with E-state index in [-0.39, 0.29) is 29.1 Å². The number of fused-ring (bicyclic) bond motifs is 2. The van der Waals surface area contributed by atoms with Gasteiger partial charge in [0.1, 0.15) is 15.5 Å². The Kier molecular flexibility index (Phi) is 5.55. The fourth-order valence-electron chi connectivity index (χ4n) is 3.18. The minimum atomic E-state index is -1.61. The fourth-order valence-corrected chi connectivity index (χ4v) is 5.73. The van der Waals surface area contributed by atoms with Gasteiger partial charge in [-0.2, -0.15) is 0 Å². The number of ether oxygens (including phenoxy) is 1. The molecule has 136 valence electrons. The maximum absolute atomic E-state index is 12.7. The van der Waals surface area contributed by atoms with Crippen molar-refractivity contribution in [3.63, 3.8) is 0 Å². The van der Waals surface area contributed by atoms with Crippen molar-refractivity contribution in [1.29, 1.82) is 0 Å². The van der Waals surface area contributed by atoms with Crippen LogP contribution in [-0.4, -0.2) is 45.2 Å². The van der Waals surface area contributed by atoms with Gasteiger partial charge < -0.3 is 9.84 Å². The van der Waals surface area contributed by atoms with Crippen molar-refractivity contribution >= 4 is 69.8 Å². The first-order chi connectivity index (χ1) is 10.9. The van der Waals surface area contributed by atoms with Gasteiger partial charge in [-0.05, 0) is 6.92 Å². The molecule has 9 heteroatoms. The van der Waals surface area contributed by atoms with Crippen LogP contribution in [0.5, 0.6) is 0 Å². The minimum absolute atomic E-state index is 0.0132. The number of carbonyl (C=O) groups excluding carboxylic acids is 2. The number of allylic oxidation sites excluding steroid dienone is 2. The number of ketones is 1. The molecule has 24 heavy (non-hydrogen) atoms. The number of aliphatic hydroxyl groups is 1. The molecule has 1 N–H and O–H groups in total. The molecule has 0 spiro atoms. The Morgan fingerprint density at radius 2 is 1.62 bits per heavy atom. The highest BCUT2D eigenvalue weighted by Gasteiger charge is 2.77. The van der Waals surface area contributed by atoms with E-state index in [4.69, 9.17) is 62.7 Å². The SMILES string of the molecule is CC(=O)C1C(C(=O)OCC(C)(C)CO)C2(Cl)C(Cl)=C(Cl)C1(Cl)C2Cl. The van der Waals surface area contributed by atoms with E-state index in [0.717, 1.165) is 0 Å². The second-order valence-electron chi connectivity index (χ2n) is 7.02. The van der Waals surface area contributed by atoms with Crippen LogP contribution in [0, 0.1) is 17.3 Å². The molecule has 0 aromatic heterocycles.